The molecule has 2 aromatic rings. The molecule has 1 amide bonds. The highest BCUT2D eigenvalue weighted by molar-refractivity contribution is 5.98. The van der Waals surface area contributed by atoms with Crippen LogP contribution >= 0.6 is 0 Å². The molecular weight excluding hydrogens is 257 g/mol. The Hall–Kier alpha value is -2.56. The minimum absolute atomic E-state index is 0.197. The molecule has 3 rings (SSSR count). The van der Waals surface area contributed by atoms with Gasteiger partial charge in [0.1, 0.15) is 11.9 Å². The average Bonchev–Trinajstić information content (AvgIpc) is 2.47. The topological polar surface area (TPSA) is 53.2 Å². The largest absolute Gasteiger partial charge is 0.381 e. The number of fused-ring (bicyclic) bond motifs is 1. The second-order valence-electron chi connectivity index (χ2n) is 4.62. The second kappa shape index (κ2) is 5.21. The summed E-state index contributed by atoms with van der Waals surface area (Å²) in [4.78, 5) is 12.2. The number of nitrogens with one attached hydrogen (secondary N) is 3. The highest BCUT2D eigenvalue weighted by Crippen LogP contribution is 2.25. The summed E-state index contributed by atoms with van der Waals surface area (Å²) in [5.74, 6) is -0.569. The predicted octanol–water partition coefficient (Wildman–Crippen LogP) is 2.67. The van der Waals surface area contributed by atoms with Crippen LogP contribution in [0.4, 0.5) is 21.5 Å². The molecule has 1 heterocycles. The van der Waals surface area contributed by atoms with Crippen LogP contribution in [0.25, 0.3) is 0 Å². The van der Waals surface area contributed by atoms with E-state index in [0.717, 1.165) is 11.4 Å². The zero-order valence-corrected chi connectivity index (χ0v) is 10.7. The third-order valence-corrected chi connectivity index (χ3v) is 3.16. The molecular formula is C15H14FN3O. The maximum Gasteiger partial charge on any atom is 0.248 e. The van der Waals surface area contributed by atoms with Crippen molar-refractivity contribution in [1.29, 1.82) is 0 Å². The Kier molecular flexibility index (Phi) is 3.25. The van der Waals surface area contributed by atoms with E-state index in [1.165, 1.54) is 12.1 Å². The van der Waals surface area contributed by atoms with E-state index in [1.54, 1.807) is 12.1 Å². The summed E-state index contributed by atoms with van der Waals surface area (Å²) in [5.41, 5.74) is 2.32. The van der Waals surface area contributed by atoms with Crippen molar-refractivity contribution in [3.05, 3.63) is 54.3 Å². The Morgan fingerprint density at radius 1 is 1.15 bits per heavy atom. The molecule has 0 spiro atoms. The minimum atomic E-state index is -0.395. The zero-order chi connectivity index (χ0) is 13.9. The van der Waals surface area contributed by atoms with Crippen molar-refractivity contribution in [2.24, 2.45) is 0 Å². The third kappa shape index (κ3) is 2.56. The standard InChI is InChI=1S/C15H14FN3O/c16-10-4-3-5-11(8-10)18-15(20)14-9-17-12-6-1-2-7-13(12)19-14/h1-8,14,17,19H,9H2,(H,18,20). The molecule has 0 bridgehead atoms. The monoisotopic (exact) mass is 271 g/mol. The first-order valence-electron chi connectivity index (χ1n) is 6.38. The summed E-state index contributed by atoms with van der Waals surface area (Å²) in [7, 11) is 0. The van der Waals surface area contributed by atoms with Crippen LogP contribution in [0.15, 0.2) is 48.5 Å². The second-order valence-corrected chi connectivity index (χ2v) is 4.62. The molecule has 3 N–H and O–H groups in total. The van der Waals surface area contributed by atoms with Gasteiger partial charge < -0.3 is 16.0 Å². The van der Waals surface area contributed by atoms with Gasteiger partial charge in [0, 0.05) is 12.2 Å². The highest BCUT2D eigenvalue weighted by atomic mass is 19.1. The number of carbonyl (C=O) groups excluding carboxylic acids is 1. The molecule has 0 fully saturated rings. The Bertz CT molecular complexity index is 645. The van der Waals surface area contributed by atoms with Crippen LogP contribution in [-0.4, -0.2) is 18.5 Å². The van der Waals surface area contributed by atoms with Crippen molar-refractivity contribution in [2.75, 3.05) is 22.5 Å². The van der Waals surface area contributed by atoms with Gasteiger partial charge in [0.15, 0.2) is 0 Å². The number of carbonyl (C=O) groups is 1. The number of anilines is 3. The molecule has 0 aromatic heterocycles. The van der Waals surface area contributed by atoms with Crippen molar-refractivity contribution in [3.63, 3.8) is 0 Å². The van der Waals surface area contributed by atoms with E-state index in [4.69, 9.17) is 0 Å². The Balaban J connectivity index is 1.70. The number of hydrogen-bond donors (Lipinski definition) is 3. The van der Waals surface area contributed by atoms with Gasteiger partial charge in [0.25, 0.3) is 0 Å². The fraction of sp³-hybridized carbons (Fsp3) is 0.133. The number of halogens is 1. The number of rotatable bonds is 2. The SMILES string of the molecule is O=C(Nc1cccc(F)c1)C1CNc2ccccc2N1. The fourth-order valence-electron chi connectivity index (χ4n) is 2.17. The zero-order valence-electron chi connectivity index (χ0n) is 10.7. The van der Waals surface area contributed by atoms with E-state index < -0.39 is 6.04 Å². The van der Waals surface area contributed by atoms with E-state index in [1.807, 2.05) is 24.3 Å². The maximum atomic E-state index is 13.1. The molecule has 0 radical (unpaired) electrons. The van der Waals surface area contributed by atoms with Crippen LogP contribution < -0.4 is 16.0 Å². The van der Waals surface area contributed by atoms with Gasteiger partial charge in [-0.2, -0.15) is 0 Å². The molecule has 20 heavy (non-hydrogen) atoms. The first-order chi connectivity index (χ1) is 9.72. The average molecular weight is 271 g/mol. The van der Waals surface area contributed by atoms with Crippen molar-refractivity contribution in [3.8, 4) is 0 Å². The van der Waals surface area contributed by atoms with Gasteiger partial charge in [-0.25, -0.2) is 4.39 Å². The summed E-state index contributed by atoms with van der Waals surface area (Å²) in [6.07, 6.45) is 0. The van der Waals surface area contributed by atoms with Crippen LogP contribution in [-0.2, 0) is 4.79 Å². The van der Waals surface area contributed by atoms with Crippen LogP contribution in [0.1, 0.15) is 0 Å². The first-order valence-corrected chi connectivity index (χ1v) is 6.38. The molecule has 0 saturated carbocycles. The van der Waals surface area contributed by atoms with Crippen LogP contribution in [0, 0.1) is 5.82 Å². The van der Waals surface area contributed by atoms with Crippen LogP contribution in [0.3, 0.4) is 0 Å². The Morgan fingerprint density at radius 2 is 1.95 bits per heavy atom. The summed E-state index contributed by atoms with van der Waals surface area (Å²) in [6, 6.07) is 13.1. The highest BCUT2D eigenvalue weighted by Gasteiger charge is 2.23. The summed E-state index contributed by atoms with van der Waals surface area (Å²) < 4.78 is 13.1. The van der Waals surface area contributed by atoms with Gasteiger partial charge in [0.05, 0.1) is 11.4 Å². The van der Waals surface area contributed by atoms with Crippen molar-refractivity contribution in [2.45, 2.75) is 6.04 Å². The van der Waals surface area contributed by atoms with E-state index in [9.17, 15) is 9.18 Å². The van der Waals surface area contributed by atoms with Gasteiger partial charge in [0.2, 0.25) is 5.91 Å². The summed E-state index contributed by atoms with van der Waals surface area (Å²) >= 11 is 0. The van der Waals surface area contributed by atoms with Crippen LogP contribution in [0.5, 0.6) is 0 Å². The molecule has 4 nitrogen and oxygen atoms in total. The molecule has 5 heteroatoms. The fourth-order valence-corrected chi connectivity index (χ4v) is 2.17. The molecule has 0 saturated heterocycles. The lowest BCUT2D eigenvalue weighted by molar-refractivity contribution is -0.116. The quantitative estimate of drug-likeness (QED) is 0.787. The number of para-hydroxylation sites is 2. The van der Waals surface area contributed by atoms with Gasteiger partial charge >= 0.3 is 0 Å². The molecule has 2 aromatic carbocycles. The lowest BCUT2D eigenvalue weighted by Gasteiger charge is -2.27. The van der Waals surface area contributed by atoms with Gasteiger partial charge in [-0.15, -0.1) is 0 Å². The van der Waals surface area contributed by atoms with E-state index >= 15 is 0 Å². The van der Waals surface area contributed by atoms with E-state index in [-0.39, 0.29) is 11.7 Å². The third-order valence-electron chi connectivity index (χ3n) is 3.16. The smallest absolute Gasteiger partial charge is 0.248 e. The number of hydrogen-bond acceptors (Lipinski definition) is 3. The Labute approximate surface area is 116 Å². The number of benzene rings is 2. The first kappa shape index (κ1) is 12.5. The predicted molar refractivity (Wildman–Crippen MR) is 77.4 cm³/mol. The normalized spacial score (nSPS) is 16.6. The van der Waals surface area contributed by atoms with Crippen molar-refractivity contribution >= 4 is 23.0 Å². The van der Waals surface area contributed by atoms with E-state index in [0.29, 0.717) is 12.2 Å². The lowest BCUT2D eigenvalue weighted by atomic mass is 10.1. The lowest BCUT2D eigenvalue weighted by Crippen LogP contribution is -2.42. The summed E-state index contributed by atoms with van der Waals surface area (Å²) in [5, 5.41) is 9.06. The molecule has 1 atom stereocenters. The molecule has 1 aliphatic rings. The number of amides is 1. The van der Waals surface area contributed by atoms with Crippen molar-refractivity contribution < 1.29 is 9.18 Å². The summed E-state index contributed by atoms with van der Waals surface area (Å²) in [6.45, 7) is 0.484. The minimum Gasteiger partial charge on any atom is -0.381 e. The van der Waals surface area contributed by atoms with E-state index in [2.05, 4.69) is 16.0 Å². The molecule has 102 valence electrons. The molecule has 1 aliphatic heterocycles. The molecule has 1 unspecified atom stereocenters. The Morgan fingerprint density at radius 3 is 2.75 bits per heavy atom. The van der Waals surface area contributed by atoms with Gasteiger partial charge in [-0.3, -0.25) is 4.79 Å². The van der Waals surface area contributed by atoms with Gasteiger partial charge in [-0.05, 0) is 30.3 Å². The van der Waals surface area contributed by atoms with Crippen molar-refractivity contribution in [1.82, 2.24) is 0 Å². The maximum absolute atomic E-state index is 13.1. The van der Waals surface area contributed by atoms with Gasteiger partial charge in [-0.1, -0.05) is 18.2 Å². The van der Waals surface area contributed by atoms with Crippen LogP contribution in [0.2, 0.25) is 0 Å². The molecule has 0 aliphatic carbocycles.